The normalized spacial score (nSPS) is 12.2. The highest BCUT2D eigenvalue weighted by molar-refractivity contribution is 14.0. The molecule has 6 heteroatoms. The molecule has 3 rings (SSSR count). The van der Waals surface area contributed by atoms with Crippen molar-refractivity contribution >= 4 is 29.9 Å². The lowest BCUT2D eigenvalue weighted by Crippen LogP contribution is -2.38. The Morgan fingerprint density at radius 2 is 1.79 bits per heavy atom. The van der Waals surface area contributed by atoms with Crippen molar-refractivity contribution in [2.24, 2.45) is 4.99 Å². The molecule has 28 heavy (non-hydrogen) atoms. The molecular formula is C22H27IN4O. The predicted molar refractivity (Wildman–Crippen MR) is 125 cm³/mol. The van der Waals surface area contributed by atoms with E-state index in [0.29, 0.717) is 18.4 Å². The van der Waals surface area contributed by atoms with Crippen molar-refractivity contribution in [3.8, 4) is 11.3 Å². The van der Waals surface area contributed by atoms with E-state index in [1.54, 1.807) is 13.2 Å². The van der Waals surface area contributed by atoms with Gasteiger partial charge in [-0.25, -0.2) is 4.98 Å². The van der Waals surface area contributed by atoms with E-state index < -0.39 is 0 Å². The van der Waals surface area contributed by atoms with Crippen molar-refractivity contribution in [1.29, 1.82) is 0 Å². The number of aliphatic imine (C=N–C) groups is 1. The van der Waals surface area contributed by atoms with Gasteiger partial charge in [0.25, 0.3) is 0 Å². The quantitative estimate of drug-likeness (QED) is 0.298. The van der Waals surface area contributed by atoms with E-state index in [9.17, 15) is 0 Å². The van der Waals surface area contributed by atoms with Crippen LogP contribution in [0.1, 0.15) is 29.9 Å². The zero-order valence-electron chi connectivity index (χ0n) is 16.5. The van der Waals surface area contributed by atoms with E-state index >= 15 is 0 Å². The van der Waals surface area contributed by atoms with Gasteiger partial charge in [0.1, 0.15) is 0 Å². The number of halogens is 1. The zero-order valence-corrected chi connectivity index (χ0v) is 18.8. The van der Waals surface area contributed by atoms with Gasteiger partial charge in [0.2, 0.25) is 5.89 Å². The molecule has 0 bridgehead atoms. The Hall–Kier alpha value is -2.35. The maximum Gasteiger partial charge on any atom is 0.214 e. The third kappa shape index (κ3) is 6.09. The van der Waals surface area contributed by atoms with Gasteiger partial charge < -0.3 is 15.1 Å². The van der Waals surface area contributed by atoms with Crippen molar-refractivity contribution in [3.63, 3.8) is 0 Å². The van der Waals surface area contributed by atoms with E-state index in [1.165, 1.54) is 11.1 Å². The zero-order chi connectivity index (χ0) is 19.1. The number of benzene rings is 2. The summed E-state index contributed by atoms with van der Waals surface area (Å²) in [7, 11) is 1.76. The molecule has 1 aromatic heterocycles. The second-order valence-electron chi connectivity index (χ2n) is 6.60. The first kappa shape index (κ1) is 21.9. The third-order valence-corrected chi connectivity index (χ3v) is 4.46. The first-order chi connectivity index (χ1) is 13.2. The molecule has 2 N–H and O–H groups in total. The molecule has 0 saturated heterocycles. The molecule has 2 aromatic carbocycles. The number of oxazole rings is 1. The van der Waals surface area contributed by atoms with Gasteiger partial charge in [0, 0.05) is 19.2 Å². The minimum absolute atomic E-state index is 0. The van der Waals surface area contributed by atoms with Gasteiger partial charge in [-0.3, -0.25) is 4.99 Å². The van der Waals surface area contributed by atoms with Crippen molar-refractivity contribution in [2.45, 2.75) is 26.3 Å². The van der Waals surface area contributed by atoms with Gasteiger partial charge >= 0.3 is 0 Å². The van der Waals surface area contributed by atoms with Crippen LogP contribution in [0.3, 0.4) is 0 Å². The van der Waals surface area contributed by atoms with Crippen molar-refractivity contribution in [2.75, 3.05) is 13.6 Å². The predicted octanol–water partition coefficient (Wildman–Crippen LogP) is 4.74. The number of nitrogens with one attached hydrogen (secondary N) is 2. The van der Waals surface area contributed by atoms with Crippen LogP contribution in [-0.2, 0) is 6.54 Å². The van der Waals surface area contributed by atoms with Crippen LogP contribution in [0.2, 0.25) is 0 Å². The number of hydrogen-bond donors (Lipinski definition) is 2. The molecule has 0 aliphatic carbocycles. The molecule has 3 aromatic rings. The first-order valence-electron chi connectivity index (χ1n) is 9.17. The molecule has 0 aliphatic rings. The Labute approximate surface area is 183 Å². The standard InChI is InChI=1S/C22H26N4O.HI/c1-16-9-11-19(12-10-16)20-14-24-21(27-20)15-26-22(23-3)25-13-17(2)18-7-5-4-6-8-18;/h4-12,14,17H,13,15H2,1-3H3,(H2,23,25,26);1H. The third-order valence-electron chi connectivity index (χ3n) is 4.46. The van der Waals surface area contributed by atoms with Crippen LogP contribution in [0.25, 0.3) is 11.3 Å². The minimum atomic E-state index is 0. The van der Waals surface area contributed by atoms with Gasteiger partial charge in [-0.05, 0) is 18.4 Å². The Morgan fingerprint density at radius 1 is 1.07 bits per heavy atom. The van der Waals surface area contributed by atoms with Crippen LogP contribution in [0, 0.1) is 6.92 Å². The lowest BCUT2D eigenvalue weighted by Gasteiger charge is -2.15. The number of hydrogen-bond acceptors (Lipinski definition) is 3. The highest BCUT2D eigenvalue weighted by atomic mass is 127. The average Bonchev–Trinajstić information content (AvgIpc) is 3.18. The summed E-state index contributed by atoms with van der Waals surface area (Å²) in [6.07, 6.45) is 1.76. The topological polar surface area (TPSA) is 62.5 Å². The number of guanidine groups is 1. The average molecular weight is 490 g/mol. The van der Waals surface area contributed by atoms with Gasteiger partial charge in [-0.15, -0.1) is 24.0 Å². The summed E-state index contributed by atoms with van der Waals surface area (Å²) in [6.45, 7) is 5.53. The minimum Gasteiger partial charge on any atom is -0.439 e. The van der Waals surface area contributed by atoms with Crippen LogP contribution in [0.4, 0.5) is 0 Å². The van der Waals surface area contributed by atoms with E-state index in [-0.39, 0.29) is 24.0 Å². The molecule has 0 radical (unpaired) electrons. The monoisotopic (exact) mass is 490 g/mol. The largest absolute Gasteiger partial charge is 0.439 e. The molecule has 1 heterocycles. The fourth-order valence-electron chi connectivity index (χ4n) is 2.77. The Morgan fingerprint density at radius 3 is 2.46 bits per heavy atom. The van der Waals surface area contributed by atoms with Crippen LogP contribution in [0.5, 0.6) is 0 Å². The van der Waals surface area contributed by atoms with E-state index in [4.69, 9.17) is 4.42 Å². The number of nitrogens with zero attached hydrogens (tertiary/aromatic N) is 2. The summed E-state index contributed by atoms with van der Waals surface area (Å²) in [5.41, 5.74) is 3.55. The van der Waals surface area contributed by atoms with Gasteiger partial charge in [-0.2, -0.15) is 0 Å². The first-order valence-corrected chi connectivity index (χ1v) is 9.17. The summed E-state index contributed by atoms with van der Waals surface area (Å²) in [6, 6.07) is 18.7. The fraction of sp³-hybridized carbons (Fsp3) is 0.273. The Balaban J connectivity index is 0.00000280. The number of aryl methyl sites for hydroxylation is 1. The highest BCUT2D eigenvalue weighted by Gasteiger charge is 2.09. The molecule has 0 amide bonds. The molecule has 0 aliphatic heterocycles. The van der Waals surface area contributed by atoms with Crippen molar-refractivity contribution in [3.05, 3.63) is 77.8 Å². The van der Waals surface area contributed by atoms with Crippen LogP contribution < -0.4 is 10.6 Å². The van der Waals surface area contributed by atoms with Crippen molar-refractivity contribution < 1.29 is 4.42 Å². The smallest absolute Gasteiger partial charge is 0.214 e. The molecule has 5 nitrogen and oxygen atoms in total. The molecule has 0 fully saturated rings. The molecule has 1 atom stereocenters. The summed E-state index contributed by atoms with van der Waals surface area (Å²) < 4.78 is 5.84. The van der Waals surface area contributed by atoms with Gasteiger partial charge in [0.15, 0.2) is 11.7 Å². The lowest BCUT2D eigenvalue weighted by molar-refractivity contribution is 0.497. The van der Waals surface area contributed by atoms with E-state index in [0.717, 1.165) is 23.8 Å². The van der Waals surface area contributed by atoms with Crippen molar-refractivity contribution in [1.82, 2.24) is 15.6 Å². The molecule has 148 valence electrons. The lowest BCUT2D eigenvalue weighted by atomic mass is 10.0. The second-order valence-corrected chi connectivity index (χ2v) is 6.60. The summed E-state index contributed by atoms with van der Waals surface area (Å²) in [5, 5.41) is 6.60. The molecule has 0 spiro atoms. The van der Waals surface area contributed by atoms with E-state index in [1.807, 2.05) is 18.2 Å². The Bertz CT molecular complexity index is 875. The number of aromatic nitrogens is 1. The summed E-state index contributed by atoms with van der Waals surface area (Å²) in [4.78, 5) is 8.62. The molecular weight excluding hydrogens is 463 g/mol. The molecule has 0 saturated carbocycles. The van der Waals surface area contributed by atoms with E-state index in [2.05, 4.69) is 70.9 Å². The summed E-state index contributed by atoms with van der Waals surface area (Å²) in [5.74, 6) is 2.52. The maximum atomic E-state index is 5.84. The fourth-order valence-corrected chi connectivity index (χ4v) is 2.77. The highest BCUT2D eigenvalue weighted by Crippen LogP contribution is 2.20. The van der Waals surface area contributed by atoms with Gasteiger partial charge in [0.05, 0.1) is 12.7 Å². The van der Waals surface area contributed by atoms with Crippen LogP contribution in [0.15, 0.2) is 70.2 Å². The van der Waals surface area contributed by atoms with Gasteiger partial charge in [-0.1, -0.05) is 67.1 Å². The molecule has 1 unspecified atom stereocenters. The van der Waals surface area contributed by atoms with Crippen LogP contribution >= 0.6 is 24.0 Å². The van der Waals surface area contributed by atoms with Crippen LogP contribution in [-0.4, -0.2) is 24.5 Å². The number of rotatable bonds is 6. The summed E-state index contributed by atoms with van der Waals surface area (Å²) >= 11 is 0. The maximum absolute atomic E-state index is 5.84. The SMILES string of the molecule is CN=C(NCc1ncc(-c2ccc(C)cc2)o1)NCC(C)c1ccccc1.I. The second kappa shape index (κ2) is 10.8. The Kier molecular flexibility index (Phi) is 8.50.